The third kappa shape index (κ3) is 5.55. The van der Waals surface area contributed by atoms with Gasteiger partial charge in [-0.1, -0.05) is 24.3 Å². The van der Waals surface area contributed by atoms with Gasteiger partial charge in [-0.25, -0.2) is 10.4 Å². The van der Waals surface area contributed by atoms with E-state index in [0.29, 0.717) is 23.4 Å². The number of rotatable bonds is 8. The minimum Gasteiger partial charge on any atom is -0.496 e. The molecule has 0 radical (unpaired) electrons. The summed E-state index contributed by atoms with van der Waals surface area (Å²) in [6.07, 6.45) is 4.34. The molecule has 1 saturated heterocycles. The van der Waals surface area contributed by atoms with E-state index in [-0.39, 0.29) is 24.3 Å². The number of carbonyl (C=O) groups excluding carboxylic acids is 1. The van der Waals surface area contributed by atoms with Crippen molar-refractivity contribution in [1.82, 2.24) is 31.3 Å². The first-order valence-electron chi connectivity index (χ1n) is 11.5. The van der Waals surface area contributed by atoms with E-state index in [1.165, 1.54) is 0 Å². The summed E-state index contributed by atoms with van der Waals surface area (Å²) >= 11 is 0. The van der Waals surface area contributed by atoms with Gasteiger partial charge in [0.2, 0.25) is 0 Å². The summed E-state index contributed by atoms with van der Waals surface area (Å²) in [5.41, 5.74) is 5.41. The highest BCUT2D eigenvalue weighted by Crippen LogP contribution is 2.25. The molecule has 2 aromatic rings. The van der Waals surface area contributed by atoms with Crippen molar-refractivity contribution in [1.29, 1.82) is 5.26 Å². The zero-order valence-corrected chi connectivity index (χ0v) is 20.2. The lowest BCUT2D eigenvalue weighted by molar-refractivity contribution is 0.0945. The normalized spacial score (nSPS) is 23.2. The Morgan fingerprint density at radius 1 is 1.26 bits per heavy atom. The van der Waals surface area contributed by atoms with E-state index in [0.717, 1.165) is 12.4 Å². The average molecular weight is 477 g/mol. The zero-order chi connectivity index (χ0) is 24.8. The van der Waals surface area contributed by atoms with Crippen molar-refractivity contribution in [3.05, 3.63) is 71.9 Å². The largest absolute Gasteiger partial charge is 0.496 e. The van der Waals surface area contributed by atoms with Gasteiger partial charge in [0.25, 0.3) is 5.91 Å². The van der Waals surface area contributed by atoms with Crippen LogP contribution in [0.5, 0.6) is 5.75 Å². The first-order chi connectivity index (χ1) is 17.0. The molecular formula is C25H32N8O2. The number of para-hydroxylation sites is 1. The number of nitrogens with one attached hydrogen (secondary N) is 5. The smallest absolute Gasteiger partial charge is 0.252 e. The minimum absolute atomic E-state index is 0.0704. The van der Waals surface area contributed by atoms with E-state index in [2.05, 4.69) is 55.8 Å². The van der Waals surface area contributed by atoms with E-state index < -0.39 is 6.04 Å². The van der Waals surface area contributed by atoms with Gasteiger partial charge < -0.3 is 20.7 Å². The molecular weight excluding hydrogens is 444 g/mol. The number of carbonyl (C=O) groups is 1. The SMILES string of the molecule is COc1ccccc1[C@H](C#N)NC(=O)c1cccc(NCC2NN(C)C(C3C=CNCN3)N2C)c1. The molecule has 0 aromatic heterocycles. The summed E-state index contributed by atoms with van der Waals surface area (Å²) in [6, 6.07) is 16.0. The van der Waals surface area contributed by atoms with E-state index in [4.69, 9.17) is 4.74 Å². The molecule has 0 saturated carbocycles. The topological polar surface area (TPSA) is 117 Å². The lowest BCUT2D eigenvalue weighted by Gasteiger charge is -2.33. The summed E-state index contributed by atoms with van der Waals surface area (Å²) in [4.78, 5) is 15.2. The van der Waals surface area contributed by atoms with Crippen molar-refractivity contribution in [3.8, 4) is 11.8 Å². The van der Waals surface area contributed by atoms with Gasteiger partial charge in [0, 0.05) is 30.4 Å². The number of amides is 1. The molecule has 0 bridgehead atoms. The fraction of sp³-hybridized carbons (Fsp3) is 0.360. The molecule has 10 nitrogen and oxygen atoms in total. The van der Waals surface area contributed by atoms with Crippen LogP contribution in [-0.2, 0) is 0 Å². The lowest BCUT2D eigenvalue weighted by atomic mass is 10.1. The highest BCUT2D eigenvalue weighted by Gasteiger charge is 2.38. The molecule has 0 aliphatic carbocycles. The molecule has 4 rings (SSSR count). The summed E-state index contributed by atoms with van der Waals surface area (Å²) < 4.78 is 5.34. The monoisotopic (exact) mass is 476 g/mol. The molecule has 2 aromatic carbocycles. The summed E-state index contributed by atoms with van der Waals surface area (Å²) in [5.74, 6) is 0.229. The van der Waals surface area contributed by atoms with Crippen LogP contribution in [0.3, 0.4) is 0 Å². The second-order valence-electron chi connectivity index (χ2n) is 8.54. The van der Waals surface area contributed by atoms with Gasteiger partial charge in [-0.15, -0.1) is 0 Å². The molecule has 184 valence electrons. The molecule has 1 fully saturated rings. The lowest BCUT2D eigenvalue weighted by Crippen LogP contribution is -2.54. The first-order valence-corrected chi connectivity index (χ1v) is 11.5. The second-order valence-corrected chi connectivity index (χ2v) is 8.54. The van der Waals surface area contributed by atoms with Crippen molar-refractivity contribution in [2.24, 2.45) is 0 Å². The average Bonchev–Trinajstić information content (AvgIpc) is 3.19. The highest BCUT2D eigenvalue weighted by atomic mass is 16.5. The number of nitrogens with zero attached hydrogens (tertiary/aromatic N) is 3. The molecule has 4 atom stereocenters. The maximum absolute atomic E-state index is 12.9. The van der Waals surface area contributed by atoms with Crippen LogP contribution >= 0.6 is 0 Å². The van der Waals surface area contributed by atoms with E-state index in [1.54, 1.807) is 31.4 Å². The van der Waals surface area contributed by atoms with Crippen molar-refractivity contribution in [2.45, 2.75) is 24.4 Å². The van der Waals surface area contributed by atoms with E-state index in [1.807, 2.05) is 37.5 Å². The second kappa shape index (κ2) is 11.2. The van der Waals surface area contributed by atoms with Gasteiger partial charge in [0.15, 0.2) is 0 Å². The number of hydrogen-bond acceptors (Lipinski definition) is 9. The predicted octanol–water partition coefficient (Wildman–Crippen LogP) is 1.17. The number of hydrogen-bond donors (Lipinski definition) is 5. The number of ether oxygens (including phenoxy) is 1. The van der Waals surface area contributed by atoms with Crippen LogP contribution in [-0.4, -0.2) is 68.6 Å². The maximum Gasteiger partial charge on any atom is 0.252 e. The Hall–Kier alpha value is -3.62. The molecule has 2 aliphatic rings. The van der Waals surface area contributed by atoms with Gasteiger partial charge in [-0.05, 0) is 43.6 Å². The summed E-state index contributed by atoms with van der Waals surface area (Å²) in [7, 11) is 5.67. The molecule has 0 spiro atoms. The van der Waals surface area contributed by atoms with Crippen LogP contribution in [0.25, 0.3) is 0 Å². The van der Waals surface area contributed by atoms with Crippen molar-refractivity contribution in [2.75, 3.05) is 39.7 Å². The van der Waals surface area contributed by atoms with E-state index >= 15 is 0 Å². The molecule has 10 heteroatoms. The highest BCUT2D eigenvalue weighted by molar-refractivity contribution is 5.95. The Balaban J connectivity index is 1.38. The molecule has 2 heterocycles. The van der Waals surface area contributed by atoms with Crippen LogP contribution in [0.15, 0.2) is 60.8 Å². The minimum atomic E-state index is -0.822. The molecule has 3 unspecified atom stereocenters. The molecule has 2 aliphatic heterocycles. The maximum atomic E-state index is 12.9. The van der Waals surface area contributed by atoms with Crippen LogP contribution in [0.4, 0.5) is 5.69 Å². The predicted molar refractivity (Wildman–Crippen MR) is 134 cm³/mol. The Morgan fingerprint density at radius 3 is 2.83 bits per heavy atom. The molecule has 35 heavy (non-hydrogen) atoms. The molecule has 5 N–H and O–H groups in total. The van der Waals surface area contributed by atoms with Gasteiger partial charge in [0.1, 0.15) is 11.8 Å². The zero-order valence-electron chi connectivity index (χ0n) is 20.2. The van der Waals surface area contributed by atoms with Gasteiger partial charge in [-0.2, -0.15) is 5.26 Å². The van der Waals surface area contributed by atoms with Crippen molar-refractivity contribution in [3.63, 3.8) is 0 Å². The van der Waals surface area contributed by atoms with E-state index in [9.17, 15) is 10.1 Å². The van der Waals surface area contributed by atoms with Gasteiger partial charge >= 0.3 is 0 Å². The summed E-state index contributed by atoms with van der Waals surface area (Å²) in [6.45, 7) is 1.37. The van der Waals surface area contributed by atoms with Crippen LogP contribution in [0, 0.1) is 11.3 Å². The van der Waals surface area contributed by atoms with Gasteiger partial charge in [0.05, 0.1) is 38.2 Å². The molecule has 1 amide bonds. The van der Waals surface area contributed by atoms with Crippen molar-refractivity contribution < 1.29 is 9.53 Å². The Morgan fingerprint density at radius 2 is 2.09 bits per heavy atom. The Labute approximate surface area is 205 Å². The first kappa shape index (κ1) is 24.5. The number of nitriles is 1. The van der Waals surface area contributed by atoms with Gasteiger partial charge in [-0.3, -0.25) is 15.0 Å². The number of hydrazine groups is 1. The fourth-order valence-electron chi connectivity index (χ4n) is 4.51. The quantitative estimate of drug-likeness (QED) is 0.383. The summed E-state index contributed by atoms with van der Waals surface area (Å²) in [5, 5.41) is 24.6. The number of benzene rings is 2. The number of likely N-dealkylation sites (N-methyl/N-ethyl adjacent to an activating group) is 2. The fourth-order valence-corrected chi connectivity index (χ4v) is 4.51. The standard InChI is InChI=1S/C25H32N8O2/c1-32-23(31-33(2)25(32)20-11-12-27-16-29-20)15-28-18-8-6-7-17(13-18)24(34)30-21(14-26)19-9-4-5-10-22(19)35-3/h4-13,20-21,23,25,27-29,31H,15-16H2,1-3H3,(H,30,34)/t20?,21-,23?,25?/m0/s1. The number of anilines is 1. The Kier molecular flexibility index (Phi) is 7.84. The van der Waals surface area contributed by atoms with Crippen LogP contribution in [0.1, 0.15) is 22.0 Å². The number of methoxy groups -OCH3 is 1. The third-order valence-corrected chi connectivity index (χ3v) is 6.32. The Bertz CT molecular complexity index is 1100. The van der Waals surface area contributed by atoms with Crippen molar-refractivity contribution >= 4 is 11.6 Å². The van der Waals surface area contributed by atoms with Crippen LogP contribution < -0.4 is 31.4 Å². The third-order valence-electron chi connectivity index (χ3n) is 6.32. The van der Waals surface area contributed by atoms with Crippen LogP contribution in [0.2, 0.25) is 0 Å².